The van der Waals surface area contributed by atoms with Crippen molar-refractivity contribution in [3.05, 3.63) is 42.0 Å². The van der Waals surface area contributed by atoms with Crippen LogP contribution < -0.4 is 10.1 Å². The lowest BCUT2D eigenvalue weighted by atomic mass is 10.2. The molecule has 5 heteroatoms. The molecule has 0 bridgehead atoms. The molecule has 0 fully saturated rings. The zero-order valence-electron chi connectivity index (χ0n) is 11.0. The lowest BCUT2D eigenvalue weighted by Crippen LogP contribution is -2.12. The maximum absolute atomic E-state index is 13.3. The van der Waals surface area contributed by atoms with Gasteiger partial charge >= 0.3 is 0 Å². The van der Waals surface area contributed by atoms with Crippen molar-refractivity contribution in [1.82, 2.24) is 15.3 Å². The lowest BCUT2D eigenvalue weighted by Gasteiger charge is -2.06. The van der Waals surface area contributed by atoms with Crippen molar-refractivity contribution in [3.8, 4) is 17.1 Å². The number of rotatable bonds is 5. The summed E-state index contributed by atoms with van der Waals surface area (Å²) in [6.07, 6.45) is 3.53. The molecule has 1 aromatic carbocycles. The Balaban J connectivity index is 2.22. The van der Waals surface area contributed by atoms with Gasteiger partial charge in [-0.3, -0.25) is 0 Å². The summed E-state index contributed by atoms with van der Waals surface area (Å²) in [5.74, 6) is 0.353. The number of aromatic nitrogens is 2. The van der Waals surface area contributed by atoms with Gasteiger partial charge < -0.3 is 10.1 Å². The Bertz CT molecular complexity index is 543. The molecule has 0 saturated carbocycles. The van der Waals surface area contributed by atoms with Crippen LogP contribution in [-0.2, 0) is 6.54 Å². The highest BCUT2D eigenvalue weighted by molar-refractivity contribution is 5.57. The normalized spacial score (nSPS) is 10.5. The highest BCUT2D eigenvalue weighted by Crippen LogP contribution is 2.23. The molecule has 0 spiro atoms. The molecule has 0 aliphatic heterocycles. The van der Waals surface area contributed by atoms with Crippen molar-refractivity contribution in [2.24, 2.45) is 0 Å². The second-order valence-electron chi connectivity index (χ2n) is 4.04. The van der Waals surface area contributed by atoms with E-state index in [-0.39, 0.29) is 5.75 Å². The predicted molar refractivity (Wildman–Crippen MR) is 71.4 cm³/mol. The highest BCUT2D eigenvalue weighted by atomic mass is 19.1. The van der Waals surface area contributed by atoms with E-state index in [9.17, 15) is 4.39 Å². The minimum Gasteiger partial charge on any atom is -0.494 e. The van der Waals surface area contributed by atoms with E-state index in [2.05, 4.69) is 15.3 Å². The smallest absolute Gasteiger partial charge is 0.165 e. The second kappa shape index (κ2) is 6.24. The molecule has 2 rings (SSSR count). The largest absolute Gasteiger partial charge is 0.494 e. The first kappa shape index (κ1) is 13.4. The van der Waals surface area contributed by atoms with E-state index in [1.165, 1.54) is 13.2 Å². The number of halogens is 1. The molecule has 1 N–H and O–H groups in total. The number of nitrogens with zero attached hydrogens (tertiary/aromatic N) is 2. The summed E-state index contributed by atoms with van der Waals surface area (Å²) < 4.78 is 18.3. The van der Waals surface area contributed by atoms with Crippen LogP contribution in [0.15, 0.2) is 30.6 Å². The summed E-state index contributed by atoms with van der Waals surface area (Å²) in [6.45, 7) is 3.68. The number of hydrogen-bond acceptors (Lipinski definition) is 4. The van der Waals surface area contributed by atoms with Crippen molar-refractivity contribution in [2.45, 2.75) is 13.5 Å². The summed E-state index contributed by atoms with van der Waals surface area (Å²) in [5, 5.41) is 3.20. The molecule has 0 unspecified atom stereocenters. The summed E-state index contributed by atoms with van der Waals surface area (Å²) >= 11 is 0. The Morgan fingerprint density at radius 2 is 2.00 bits per heavy atom. The van der Waals surface area contributed by atoms with Crippen molar-refractivity contribution in [3.63, 3.8) is 0 Å². The summed E-state index contributed by atoms with van der Waals surface area (Å²) in [6, 6.07) is 4.58. The van der Waals surface area contributed by atoms with Gasteiger partial charge in [0.25, 0.3) is 0 Å². The first-order valence-corrected chi connectivity index (χ1v) is 6.10. The summed E-state index contributed by atoms with van der Waals surface area (Å²) in [4.78, 5) is 8.56. The van der Waals surface area contributed by atoms with Gasteiger partial charge in [0.15, 0.2) is 17.4 Å². The third-order valence-corrected chi connectivity index (χ3v) is 2.69. The summed E-state index contributed by atoms with van der Waals surface area (Å²) in [5.41, 5.74) is 1.74. The Morgan fingerprint density at radius 3 is 2.63 bits per heavy atom. The number of methoxy groups -OCH3 is 1. The fraction of sp³-hybridized carbons (Fsp3) is 0.286. The van der Waals surface area contributed by atoms with Gasteiger partial charge in [-0.1, -0.05) is 6.92 Å². The van der Waals surface area contributed by atoms with Gasteiger partial charge in [0.2, 0.25) is 0 Å². The van der Waals surface area contributed by atoms with Gasteiger partial charge in [0.1, 0.15) is 0 Å². The van der Waals surface area contributed by atoms with Crippen LogP contribution in [0.25, 0.3) is 11.4 Å². The molecule has 0 atom stereocenters. The van der Waals surface area contributed by atoms with Gasteiger partial charge in [-0.15, -0.1) is 0 Å². The van der Waals surface area contributed by atoms with E-state index in [0.717, 1.165) is 24.2 Å². The number of ether oxygens (including phenoxy) is 1. The molecule has 0 amide bonds. The van der Waals surface area contributed by atoms with Crippen molar-refractivity contribution < 1.29 is 9.13 Å². The Kier molecular flexibility index (Phi) is 4.41. The van der Waals surface area contributed by atoms with Gasteiger partial charge in [0, 0.05) is 30.1 Å². The van der Waals surface area contributed by atoms with Crippen LogP contribution in [0.5, 0.6) is 5.75 Å². The minimum atomic E-state index is -0.394. The molecule has 2 aromatic rings. The molecule has 0 radical (unpaired) electrons. The SMILES string of the molecule is CCNCc1cnc(-c2ccc(F)c(OC)c2)nc1. The van der Waals surface area contributed by atoms with E-state index in [0.29, 0.717) is 5.82 Å². The van der Waals surface area contributed by atoms with Crippen LogP contribution in [0, 0.1) is 5.82 Å². The Morgan fingerprint density at radius 1 is 1.26 bits per heavy atom. The summed E-state index contributed by atoms with van der Waals surface area (Å²) in [7, 11) is 1.43. The van der Waals surface area contributed by atoms with Crippen LogP contribution in [0.4, 0.5) is 4.39 Å². The predicted octanol–water partition coefficient (Wildman–Crippen LogP) is 2.40. The zero-order valence-corrected chi connectivity index (χ0v) is 11.0. The number of nitrogens with one attached hydrogen (secondary N) is 1. The minimum absolute atomic E-state index is 0.192. The third-order valence-electron chi connectivity index (χ3n) is 2.69. The van der Waals surface area contributed by atoms with Crippen LogP contribution >= 0.6 is 0 Å². The average Bonchev–Trinajstić information content (AvgIpc) is 2.46. The molecule has 100 valence electrons. The standard InChI is InChI=1S/C14H16FN3O/c1-3-16-7-10-8-17-14(18-9-10)11-4-5-12(15)13(6-11)19-2/h4-6,8-9,16H,3,7H2,1-2H3. The topological polar surface area (TPSA) is 47.0 Å². The quantitative estimate of drug-likeness (QED) is 0.897. The average molecular weight is 261 g/mol. The van der Waals surface area contributed by atoms with Gasteiger partial charge in [-0.05, 0) is 24.7 Å². The third kappa shape index (κ3) is 3.26. The molecule has 0 saturated heterocycles. The first-order valence-electron chi connectivity index (χ1n) is 6.10. The fourth-order valence-electron chi connectivity index (χ4n) is 1.66. The maximum atomic E-state index is 13.3. The van der Waals surface area contributed by atoms with Crippen LogP contribution in [0.3, 0.4) is 0 Å². The lowest BCUT2D eigenvalue weighted by molar-refractivity contribution is 0.387. The number of benzene rings is 1. The van der Waals surface area contributed by atoms with Crippen LogP contribution in [0.1, 0.15) is 12.5 Å². The fourth-order valence-corrected chi connectivity index (χ4v) is 1.66. The molecule has 1 heterocycles. The molecular formula is C14H16FN3O. The monoisotopic (exact) mass is 261 g/mol. The van der Waals surface area contributed by atoms with Crippen LogP contribution in [0.2, 0.25) is 0 Å². The van der Waals surface area contributed by atoms with Crippen molar-refractivity contribution >= 4 is 0 Å². The molecule has 0 aliphatic carbocycles. The van der Waals surface area contributed by atoms with Gasteiger partial charge in [0.05, 0.1) is 7.11 Å². The zero-order chi connectivity index (χ0) is 13.7. The van der Waals surface area contributed by atoms with E-state index >= 15 is 0 Å². The molecule has 4 nitrogen and oxygen atoms in total. The molecule has 0 aliphatic rings. The van der Waals surface area contributed by atoms with Gasteiger partial charge in [-0.25, -0.2) is 14.4 Å². The highest BCUT2D eigenvalue weighted by Gasteiger charge is 2.07. The van der Waals surface area contributed by atoms with Crippen molar-refractivity contribution in [2.75, 3.05) is 13.7 Å². The Hall–Kier alpha value is -2.01. The van der Waals surface area contributed by atoms with Crippen molar-refractivity contribution in [1.29, 1.82) is 0 Å². The van der Waals surface area contributed by atoms with E-state index in [1.807, 2.05) is 6.92 Å². The molecular weight excluding hydrogens is 245 g/mol. The first-order chi connectivity index (χ1) is 9.24. The molecule has 19 heavy (non-hydrogen) atoms. The van der Waals surface area contributed by atoms with Crippen LogP contribution in [-0.4, -0.2) is 23.6 Å². The Labute approximate surface area is 111 Å². The second-order valence-corrected chi connectivity index (χ2v) is 4.04. The van der Waals surface area contributed by atoms with E-state index < -0.39 is 5.82 Å². The van der Waals surface area contributed by atoms with E-state index in [1.54, 1.807) is 24.5 Å². The molecule has 1 aromatic heterocycles. The number of hydrogen-bond donors (Lipinski definition) is 1. The van der Waals surface area contributed by atoms with E-state index in [4.69, 9.17) is 4.74 Å². The maximum Gasteiger partial charge on any atom is 0.165 e. The van der Waals surface area contributed by atoms with Gasteiger partial charge in [-0.2, -0.15) is 0 Å².